The Labute approximate surface area is 180 Å². The Morgan fingerprint density at radius 2 is 1.61 bits per heavy atom. The second-order valence-electron chi connectivity index (χ2n) is 8.32. The highest BCUT2D eigenvalue weighted by Crippen LogP contribution is 2.45. The van der Waals surface area contributed by atoms with Gasteiger partial charge in [0.2, 0.25) is 0 Å². The first-order valence-electron chi connectivity index (χ1n) is 10.2. The molecule has 2 fully saturated rings. The van der Waals surface area contributed by atoms with E-state index in [1.165, 1.54) is 7.11 Å². The lowest BCUT2D eigenvalue weighted by Crippen LogP contribution is -2.72. The van der Waals surface area contributed by atoms with Gasteiger partial charge in [-0.2, -0.15) is 0 Å². The molecular formula is C24H23N3O4. The number of aromatic carboxylic acids is 1. The van der Waals surface area contributed by atoms with Gasteiger partial charge < -0.3 is 24.2 Å². The molecule has 1 aromatic heterocycles. The molecule has 2 aliphatic heterocycles. The molecule has 7 heteroatoms. The first-order valence-corrected chi connectivity index (χ1v) is 10.2. The lowest BCUT2D eigenvalue weighted by atomic mass is 9.72. The van der Waals surface area contributed by atoms with E-state index >= 15 is 0 Å². The van der Waals surface area contributed by atoms with Crippen LogP contribution < -0.4 is 9.80 Å². The fourth-order valence-corrected chi connectivity index (χ4v) is 4.74. The van der Waals surface area contributed by atoms with Crippen LogP contribution in [0, 0.1) is 5.41 Å². The lowest BCUT2D eigenvalue weighted by molar-refractivity contribution is 0.0599. The molecule has 2 aromatic carbocycles. The van der Waals surface area contributed by atoms with Crippen LogP contribution in [0.4, 0.5) is 11.4 Å². The van der Waals surface area contributed by atoms with Crippen LogP contribution in [-0.4, -0.2) is 54.9 Å². The number of para-hydroxylation sites is 1. The number of carbonyl (C=O) groups excluding carboxylic acids is 1. The lowest BCUT2D eigenvalue weighted by Gasteiger charge is -2.62. The quantitative estimate of drug-likeness (QED) is 0.642. The maximum atomic E-state index is 11.8. The Kier molecular flexibility index (Phi) is 4.46. The van der Waals surface area contributed by atoms with Crippen molar-refractivity contribution < 1.29 is 19.4 Å². The van der Waals surface area contributed by atoms with E-state index in [4.69, 9.17) is 4.74 Å². The topological polar surface area (TPSA) is 75.0 Å². The Morgan fingerprint density at radius 1 is 0.935 bits per heavy atom. The average molecular weight is 417 g/mol. The molecule has 3 aromatic rings. The van der Waals surface area contributed by atoms with Gasteiger partial charge in [-0.1, -0.05) is 12.1 Å². The molecule has 158 valence electrons. The van der Waals surface area contributed by atoms with E-state index in [9.17, 15) is 14.7 Å². The third-order valence-corrected chi connectivity index (χ3v) is 6.19. The summed E-state index contributed by atoms with van der Waals surface area (Å²) < 4.78 is 6.69. The van der Waals surface area contributed by atoms with Gasteiger partial charge >= 0.3 is 11.9 Å². The van der Waals surface area contributed by atoms with E-state index in [-0.39, 0.29) is 11.4 Å². The van der Waals surface area contributed by atoms with Crippen LogP contribution in [0.3, 0.4) is 0 Å². The van der Waals surface area contributed by atoms with Gasteiger partial charge in [0.1, 0.15) is 0 Å². The van der Waals surface area contributed by atoms with E-state index in [2.05, 4.69) is 9.80 Å². The predicted octanol–water partition coefficient (Wildman–Crippen LogP) is 3.29. The smallest absolute Gasteiger partial charge is 0.337 e. The number of aromatic nitrogens is 1. The number of rotatable bonds is 5. The molecule has 5 rings (SSSR count). The maximum absolute atomic E-state index is 11.8. The van der Waals surface area contributed by atoms with Crippen molar-refractivity contribution in [2.75, 3.05) is 43.1 Å². The molecular weight excluding hydrogens is 394 g/mol. The van der Waals surface area contributed by atoms with Crippen LogP contribution in [0.2, 0.25) is 0 Å². The number of esters is 1. The normalized spacial score (nSPS) is 16.5. The van der Waals surface area contributed by atoms with Crippen LogP contribution in [0.5, 0.6) is 0 Å². The molecule has 0 unspecified atom stereocenters. The van der Waals surface area contributed by atoms with Crippen LogP contribution in [-0.2, 0) is 4.74 Å². The molecule has 2 aliphatic rings. The monoisotopic (exact) mass is 417 g/mol. The molecule has 0 amide bonds. The zero-order valence-electron chi connectivity index (χ0n) is 17.2. The van der Waals surface area contributed by atoms with Crippen molar-refractivity contribution in [3.63, 3.8) is 0 Å². The van der Waals surface area contributed by atoms with Crippen molar-refractivity contribution in [2.24, 2.45) is 5.41 Å². The molecule has 7 nitrogen and oxygen atoms in total. The van der Waals surface area contributed by atoms with Crippen LogP contribution in [0.15, 0.2) is 67.0 Å². The Morgan fingerprint density at radius 3 is 2.29 bits per heavy atom. The number of methoxy groups -OCH3 is 1. The van der Waals surface area contributed by atoms with E-state index in [1.807, 2.05) is 59.4 Å². The number of carboxylic acid groups (broad SMARTS) is 1. The Bertz CT molecular complexity index is 1140. The summed E-state index contributed by atoms with van der Waals surface area (Å²) in [4.78, 5) is 28.1. The van der Waals surface area contributed by atoms with Crippen LogP contribution in [0.1, 0.15) is 20.7 Å². The number of carbonyl (C=O) groups is 2. The number of anilines is 2. The molecule has 0 aliphatic carbocycles. The van der Waals surface area contributed by atoms with Crippen molar-refractivity contribution in [2.45, 2.75) is 0 Å². The van der Waals surface area contributed by atoms with E-state index in [0.29, 0.717) is 16.8 Å². The molecule has 3 heterocycles. The Balaban J connectivity index is 1.32. The fraction of sp³-hybridized carbons (Fsp3) is 0.250. The van der Waals surface area contributed by atoms with E-state index in [1.54, 1.807) is 12.1 Å². The van der Waals surface area contributed by atoms with Crippen molar-refractivity contribution in [3.8, 4) is 5.69 Å². The molecule has 0 saturated carbocycles. The number of hydrogen-bond donors (Lipinski definition) is 1. The molecule has 2 saturated heterocycles. The number of carboxylic acids is 1. The highest BCUT2D eigenvalue weighted by atomic mass is 16.5. The molecule has 0 radical (unpaired) electrons. The predicted molar refractivity (Wildman–Crippen MR) is 117 cm³/mol. The molecule has 1 spiro atoms. The minimum absolute atomic E-state index is 0.189. The highest BCUT2D eigenvalue weighted by molar-refractivity contribution is 5.95. The van der Waals surface area contributed by atoms with Crippen molar-refractivity contribution >= 4 is 23.3 Å². The van der Waals surface area contributed by atoms with Gasteiger partial charge in [0, 0.05) is 49.7 Å². The SMILES string of the molecule is COC(=O)c1cccc(N2CC3(C2)CN(c2cccc(C(=O)O)c2-n2cccc2)C3)c1. The second kappa shape index (κ2) is 7.19. The van der Waals surface area contributed by atoms with Gasteiger partial charge in [0.15, 0.2) is 0 Å². The molecule has 31 heavy (non-hydrogen) atoms. The summed E-state index contributed by atoms with van der Waals surface area (Å²) in [6, 6.07) is 16.8. The zero-order valence-corrected chi connectivity index (χ0v) is 17.2. The van der Waals surface area contributed by atoms with Crippen molar-refractivity contribution in [3.05, 3.63) is 78.1 Å². The van der Waals surface area contributed by atoms with Gasteiger partial charge in [0.05, 0.1) is 29.6 Å². The highest BCUT2D eigenvalue weighted by Gasteiger charge is 2.52. The van der Waals surface area contributed by atoms with Crippen LogP contribution >= 0.6 is 0 Å². The number of benzene rings is 2. The summed E-state index contributed by atoms with van der Waals surface area (Å²) in [6.07, 6.45) is 3.75. The average Bonchev–Trinajstić information content (AvgIpc) is 3.25. The van der Waals surface area contributed by atoms with Gasteiger partial charge in [-0.05, 0) is 42.5 Å². The van der Waals surface area contributed by atoms with Gasteiger partial charge in [-0.25, -0.2) is 9.59 Å². The number of ether oxygens (including phenoxy) is 1. The van der Waals surface area contributed by atoms with Crippen molar-refractivity contribution in [1.29, 1.82) is 0 Å². The Hall–Kier alpha value is -3.74. The summed E-state index contributed by atoms with van der Waals surface area (Å²) in [5.74, 6) is -1.26. The first kappa shape index (κ1) is 19.2. The second-order valence-corrected chi connectivity index (χ2v) is 8.32. The van der Waals surface area contributed by atoms with Crippen molar-refractivity contribution in [1.82, 2.24) is 4.57 Å². The fourth-order valence-electron chi connectivity index (χ4n) is 4.74. The first-order chi connectivity index (χ1) is 15.0. The summed E-state index contributed by atoms with van der Waals surface area (Å²) in [6.45, 7) is 3.56. The third kappa shape index (κ3) is 3.22. The zero-order chi connectivity index (χ0) is 21.6. The number of hydrogen-bond acceptors (Lipinski definition) is 5. The third-order valence-electron chi connectivity index (χ3n) is 6.19. The summed E-state index contributed by atoms with van der Waals surface area (Å²) in [5.41, 5.74) is 3.70. The minimum Gasteiger partial charge on any atom is -0.478 e. The van der Waals surface area contributed by atoms with E-state index < -0.39 is 5.97 Å². The van der Waals surface area contributed by atoms with Crippen LogP contribution in [0.25, 0.3) is 5.69 Å². The van der Waals surface area contributed by atoms with Gasteiger partial charge in [-0.15, -0.1) is 0 Å². The minimum atomic E-state index is -0.930. The molecule has 0 bridgehead atoms. The summed E-state index contributed by atoms with van der Waals surface area (Å²) in [7, 11) is 1.39. The number of nitrogens with zero attached hydrogens (tertiary/aromatic N) is 3. The van der Waals surface area contributed by atoms with E-state index in [0.717, 1.165) is 37.6 Å². The molecule has 0 atom stereocenters. The maximum Gasteiger partial charge on any atom is 0.337 e. The summed E-state index contributed by atoms with van der Waals surface area (Å²) >= 11 is 0. The summed E-state index contributed by atoms with van der Waals surface area (Å²) in [5, 5.41) is 9.69. The van der Waals surface area contributed by atoms with Gasteiger partial charge in [-0.3, -0.25) is 0 Å². The standard InChI is InChI=1S/C24H23N3O4/c1-31-23(30)17-6-4-7-18(12-17)26-13-24(14-26)15-27(16-24)20-9-5-8-19(22(28)29)21(20)25-10-2-3-11-25/h2-12H,13-16H2,1H3,(H,28,29). The largest absolute Gasteiger partial charge is 0.478 e. The molecule has 1 N–H and O–H groups in total. The van der Waals surface area contributed by atoms with Gasteiger partial charge in [0.25, 0.3) is 0 Å².